The van der Waals surface area contributed by atoms with Crippen LogP contribution in [-0.4, -0.2) is 30.5 Å². The standard InChI is InChI=1S/C29H34O4/c1-3-26-28(31-20-24-15-9-5-10-16-24)29(32-21-25-17-11-6-12-18-25)27(22(2)33-26)30-19-23-13-7-4-8-14-23/h4-18,22,26-29H,3,19-21H2,1-2H3. The molecule has 0 N–H and O–H groups in total. The average molecular weight is 447 g/mol. The summed E-state index contributed by atoms with van der Waals surface area (Å²) in [6, 6.07) is 30.7. The Morgan fingerprint density at radius 2 is 0.970 bits per heavy atom. The first-order valence-corrected chi connectivity index (χ1v) is 11.9. The minimum Gasteiger partial charge on any atom is -0.370 e. The molecule has 1 aliphatic rings. The number of hydrogen-bond acceptors (Lipinski definition) is 4. The third-order valence-electron chi connectivity index (χ3n) is 6.12. The van der Waals surface area contributed by atoms with Crippen molar-refractivity contribution in [1.82, 2.24) is 0 Å². The Hall–Kier alpha value is -2.50. The maximum atomic E-state index is 6.54. The summed E-state index contributed by atoms with van der Waals surface area (Å²) in [7, 11) is 0. The van der Waals surface area contributed by atoms with Gasteiger partial charge in [0.05, 0.1) is 32.0 Å². The molecule has 0 saturated carbocycles. The van der Waals surface area contributed by atoms with E-state index in [1.807, 2.05) is 54.6 Å². The predicted molar refractivity (Wildman–Crippen MR) is 130 cm³/mol. The van der Waals surface area contributed by atoms with E-state index in [0.29, 0.717) is 19.8 Å². The molecule has 0 bridgehead atoms. The summed E-state index contributed by atoms with van der Waals surface area (Å²) in [6.07, 6.45) is -0.0165. The normalized spacial score (nSPS) is 25.1. The SMILES string of the molecule is CCC1OC(C)C(OCc2ccccc2)C(OCc2ccccc2)C1OCc1ccccc1. The van der Waals surface area contributed by atoms with Crippen LogP contribution < -0.4 is 0 Å². The van der Waals surface area contributed by atoms with Crippen LogP contribution in [0.15, 0.2) is 91.0 Å². The van der Waals surface area contributed by atoms with Gasteiger partial charge in [0.2, 0.25) is 0 Å². The lowest BCUT2D eigenvalue weighted by Crippen LogP contribution is -2.59. The Morgan fingerprint density at radius 3 is 1.39 bits per heavy atom. The van der Waals surface area contributed by atoms with Crippen LogP contribution in [0.1, 0.15) is 37.0 Å². The summed E-state index contributed by atoms with van der Waals surface area (Å²) in [4.78, 5) is 0. The first-order chi connectivity index (χ1) is 16.2. The van der Waals surface area contributed by atoms with Crippen molar-refractivity contribution in [2.24, 2.45) is 0 Å². The van der Waals surface area contributed by atoms with Crippen molar-refractivity contribution in [3.63, 3.8) is 0 Å². The van der Waals surface area contributed by atoms with Gasteiger partial charge in [0.1, 0.15) is 18.3 Å². The van der Waals surface area contributed by atoms with E-state index >= 15 is 0 Å². The highest BCUT2D eigenvalue weighted by molar-refractivity contribution is 5.15. The van der Waals surface area contributed by atoms with Gasteiger partial charge in [-0.05, 0) is 30.0 Å². The lowest BCUT2D eigenvalue weighted by atomic mass is 9.93. The van der Waals surface area contributed by atoms with Gasteiger partial charge in [0.25, 0.3) is 0 Å². The highest BCUT2D eigenvalue weighted by Gasteiger charge is 2.46. The molecular formula is C29H34O4. The molecule has 174 valence electrons. The zero-order chi connectivity index (χ0) is 22.9. The van der Waals surface area contributed by atoms with Crippen LogP contribution in [0.4, 0.5) is 0 Å². The molecule has 3 aromatic rings. The molecule has 1 heterocycles. The Bertz CT molecular complexity index is 932. The van der Waals surface area contributed by atoms with Crippen molar-refractivity contribution in [3.05, 3.63) is 108 Å². The molecule has 1 fully saturated rings. The molecule has 33 heavy (non-hydrogen) atoms. The summed E-state index contributed by atoms with van der Waals surface area (Å²) < 4.78 is 25.8. The molecule has 4 rings (SSSR count). The summed E-state index contributed by atoms with van der Waals surface area (Å²) >= 11 is 0. The molecule has 0 aliphatic carbocycles. The quantitative estimate of drug-likeness (QED) is 0.386. The van der Waals surface area contributed by atoms with E-state index in [1.54, 1.807) is 0 Å². The summed E-state index contributed by atoms with van der Waals surface area (Å²) in [5.74, 6) is 0. The van der Waals surface area contributed by atoms with Gasteiger partial charge in [-0.1, -0.05) is 97.9 Å². The molecule has 1 aliphatic heterocycles. The minimum atomic E-state index is -0.244. The second-order valence-electron chi connectivity index (χ2n) is 8.57. The average Bonchev–Trinajstić information content (AvgIpc) is 2.87. The highest BCUT2D eigenvalue weighted by atomic mass is 16.6. The van der Waals surface area contributed by atoms with Gasteiger partial charge in [-0.25, -0.2) is 0 Å². The number of rotatable bonds is 10. The van der Waals surface area contributed by atoms with E-state index < -0.39 is 0 Å². The van der Waals surface area contributed by atoms with E-state index in [4.69, 9.17) is 18.9 Å². The second-order valence-corrected chi connectivity index (χ2v) is 8.57. The molecule has 0 amide bonds. The van der Waals surface area contributed by atoms with Crippen LogP contribution in [0.25, 0.3) is 0 Å². The van der Waals surface area contributed by atoms with Gasteiger partial charge >= 0.3 is 0 Å². The van der Waals surface area contributed by atoms with Crippen LogP contribution in [-0.2, 0) is 38.8 Å². The Balaban J connectivity index is 1.53. The van der Waals surface area contributed by atoms with Crippen LogP contribution in [0, 0.1) is 0 Å². The zero-order valence-corrected chi connectivity index (χ0v) is 19.5. The molecule has 3 aromatic carbocycles. The summed E-state index contributed by atoms with van der Waals surface area (Å²) in [5.41, 5.74) is 3.40. The van der Waals surface area contributed by atoms with Crippen LogP contribution >= 0.6 is 0 Å². The fraction of sp³-hybridized carbons (Fsp3) is 0.379. The first-order valence-electron chi connectivity index (χ1n) is 11.9. The number of hydrogen-bond donors (Lipinski definition) is 0. The first kappa shape index (κ1) is 23.7. The fourth-order valence-electron chi connectivity index (χ4n) is 4.35. The molecule has 0 aromatic heterocycles. The maximum Gasteiger partial charge on any atom is 0.115 e. The van der Waals surface area contributed by atoms with E-state index in [-0.39, 0.29) is 30.5 Å². The van der Waals surface area contributed by atoms with E-state index in [9.17, 15) is 0 Å². The largest absolute Gasteiger partial charge is 0.370 e. The molecule has 5 atom stereocenters. The van der Waals surface area contributed by atoms with Crippen molar-refractivity contribution < 1.29 is 18.9 Å². The van der Waals surface area contributed by atoms with Gasteiger partial charge in [0.15, 0.2) is 0 Å². The fourth-order valence-corrected chi connectivity index (χ4v) is 4.35. The predicted octanol–water partition coefficient (Wildman–Crippen LogP) is 5.94. The molecule has 4 heteroatoms. The maximum absolute atomic E-state index is 6.54. The van der Waals surface area contributed by atoms with Gasteiger partial charge in [-0.2, -0.15) is 0 Å². The third kappa shape index (κ3) is 6.52. The Morgan fingerprint density at radius 1 is 0.576 bits per heavy atom. The third-order valence-corrected chi connectivity index (χ3v) is 6.12. The van der Waals surface area contributed by atoms with Crippen LogP contribution in [0.2, 0.25) is 0 Å². The van der Waals surface area contributed by atoms with Crippen LogP contribution in [0.3, 0.4) is 0 Å². The Kier molecular flexibility index (Phi) is 8.67. The summed E-state index contributed by atoms with van der Waals surface area (Å²) in [5, 5.41) is 0. The van der Waals surface area contributed by atoms with Gasteiger partial charge < -0.3 is 18.9 Å². The monoisotopic (exact) mass is 446 g/mol. The molecule has 5 unspecified atom stereocenters. The van der Waals surface area contributed by atoms with Gasteiger partial charge in [-0.15, -0.1) is 0 Å². The molecule has 1 saturated heterocycles. The van der Waals surface area contributed by atoms with Crippen molar-refractivity contribution in [1.29, 1.82) is 0 Å². The molecule has 4 nitrogen and oxygen atoms in total. The van der Waals surface area contributed by atoms with Crippen molar-refractivity contribution in [2.45, 2.75) is 70.6 Å². The smallest absolute Gasteiger partial charge is 0.115 e. The van der Waals surface area contributed by atoms with E-state index in [2.05, 4.69) is 50.2 Å². The van der Waals surface area contributed by atoms with Crippen molar-refractivity contribution in [3.8, 4) is 0 Å². The topological polar surface area (TPSA) is 36.9 Å². The lowest BCUT2D eigenvalue weighted by Gasteiger charge is -2.45. The van der Waals surface area contributed by atoms with Crippen LogP contribution in [0.5, 0.6) is 0 Å². The van der Waals surface area contributed by atoms with Gasteiger partial charge in [-0.3, -0.25) is 0 Å². The number of ether oxygens (including phenoxy) is 4. The van der Waals surface area contributed by atoms with E-state index in [1.165, 1.54) is 0 Å². The summed E-state index contributed by atoms with van der Waals surface area (Å²) in [6.45, 7) is 5.73. The molecular weight excluding hydrogens is 412 g/mol. The molecule has 0 spiro atoms. The zero-order valence-electron chi connectivity index (χ0n) is 19.5. The van der Waals surface area contributed by atoms with E-state index in [0.717, 1.165) is 23.1 Å². The second kappa shape index (κ2) is 12.1. The van der Waals surface area contributed by atoms with Gasteiger partial charge in [0, 0.05) is 0 Å². The van der Waals surface area contributed by atoms with Crippen molar-refractivity contribution in [2.75, 3.05) is 0 Å². The molecule has 0 radical (unpaired) electrons. The Labute approximate surface area is 197 Å². The minimum absolute atomic E-state index is 0.0546. The van der Waals surface area contributed by atoms with Crippen molar-refractivity contribution >= 4 is 0 Å². The number of benzene rings is 3. The lowest BCUT2D eigenvalue weighted by molar-refractivity contribution is -0.261. The highest BCUT2D eigenvalue weighted by Crippen LogP contribution is 2.31.